The van der Waals surface area contributed by atoms with E-state index in [1.807, 2.05) is 23.6 Å². The van der Waals surface area contributed by atoms with Crippen molar-refractivity contribution in [2.75, 3.05) is 11.1 Å². The maximum absolute atomic E-state index is 8.66. The molecule has 0 radical (unpaired) electrons. The van der Waals surface area contributed by atoms with Crippen LogP contribution in [0.2, 0.25) is 0 Å². The molecule has 1 heterocycles. The van der Waals surface area contributed by atoms with E-state index in [-0.39, 0.29) is 0 Å². The van der Waals surface area contributed by atoms with Crippen LogP contribution in [0.3, 0.4) is 0 Å². The molecule has 0 amide bonds. The number of nitrogens with one attached hydrogen (secondary N) is 1. The second-order valence-electron chi connectivity index (χ2n) is 3.34. The smallest absolute Gasteiger partial charge is 0.0991 e. The summed E-state index contributed by atoms with van der Waals surface area (Å²) < 4.78 is 0. The molecule has 0 atom stereocenters. The fourth-order valence-corrected chi connectivity index (χ4v) is 2.08. The van der Waals surface area contributed by atoms with Crippen LogP contribution in [0, 0.1) is 11.3 Å². The minimum Gasteiger partial charge on any atom is -0.398 e. The van der Waals surface area contributed by atoms with E-state index in [1.54, 1.807) is 23.5 Å². The van der Waals surface area contributed by atoms with Gasteiger partial charge in [-0.3, -0.25) is 0 Å². The first-order valence-electron chi connectivity index (χ1n) is 4.85. The van der Waals surface area contributed by atoms with E-state index < -0.39 is 0 Å². The highest BCUT2D eigenvalue weighted by atomic mass is 32.1. The maximum atomic E-state index is 8.66. The van der Waals surface area contributed by atoms with Crippen molar-refractivity contribution in [1.82, 2.24) is 0 Å². The average molecular weight is 229 g/mol. The van der Waals surface area contributed by atoms with Crippen molar-refractivity contribution >= 4 is 22.7 Å². The zero-order valence-electron chi connectivity index (χ0n) is 8.60. The minimum atomic E-state index is 0.668. The third kappa shape index (κ3) is 2.33. The summed E-state index contributed by atoms with van der Waals surface area (Å²) in [5.41, 5.74) is 8.26. The highest BCUT2D eigenvalue weighted by Gasteiger charge is 2.00. The van der Waals surface area contributed by atoms with Crippen LogP contribution in [0.25, 0.3) is 0 Å². The summed E-state index contributed by atoms with van der Waals surface area (Å²) in [5.74, 6) is 0. The molecule has 0 bridgehead atoms. The number of hydrogen-bond acceptors (Lipinski definition) is 4. The standard InChI is InChI=1S/C12H11N3S/c13-7-9-1-3-10(4-2-9)15-8-12-11(14)5-6-16-12/h1-6,15H,8,14H2. The Kier molecular flexibility index (Phi) is 3.08. The van der Waals surface area contributed by atoms with Gasteiger partial charge in [0.1, 0.15) is 0 Å². The first-order valence-corrected chi connectivity index (χ1v) is 5.73. The molecule has 0 saturated carbocycles. The Morgan fingerprint density at radius 1 is 1.25 bits per heavy atom. The number of benzene rings is 1. The zero-order chi connectivity index (χ0) is 11.4. The molecule has 0 aliphatic rings. The highest BCUT2D eigenvalue weighted by Crippen LogP contribution is 2.20. The summed E-state index contributed by atoms with van der Waals surface area (Å²) in [7, 11) is 0. The average Bonchev–Trinajstić information content (AvgIpc) is 2.73. The topological polar surface area (TPSA) is 61.8 Å². The summed E-state index contributed by atoms with van der Waals surface area (Å²) in [5, 5.41) is 13.9. The van der Waals surface area contributed by atoms with E-state index in [1.165, 1.54) is 0 Å². The third-order valence-electron chi connectivity index (χ3n) is 2.25. The van der Waals surface area contributed by atoms with Gasteiger partial charge < -0.3 is 11.1 Å². The Balaban J connectivity index is 2.00. The molecular weight excluding hydrogens is 218 g/mol. The number of nitriles is 1. The van der Waals surface area contributed by atoms with Crippen molar-refractivity contribution in [2.45, 2.75) is 6.54 Å². The molecule has 0 saturated heterocycles. The number of hydrogen-bond donors (Lipinski definition) is 2. The van der Waals surface area contributed by atoms with Crippen LogP contribution in [0.1, 0.15) is 10.4 Å². The second-order valence-corrected chi connectivity index (χ2v) is 4.34. The normalized spacial score (nSPS) is 9.69. The Morgan fingerprint density at radius 3 is 2.56 bits per heavy atom. The number of anilines is 2. The van der Waals surface area contributed by atoms with Crippen LogP contribution in [0.15, 0.2) is 35.7 Å². The van der Waals surface area contributed by atoms with Gasteiger partial charge in [0.15, 0.2) is 0 Å². The summed E-state index contributed by atoms with van der Waals surface area (Å²) in [6.45, 7) is 0.718. The van der Waals surface area contributed by atoms with E-state index >= 15 is 0 Å². The predicted molar refractivity (Wildman–Crippen MR) is 67.2 cm³/mol. The lowest BCUT2D eigenvalue weighted by Crippen LogP contribution is -1.99. The number of rotatable bonds is 3. The lowest BCUT2D eigenvalue weighted by molar-refractivity contribution is 1.19. The van der Waals surface area contributed by atoms with Crippen molar-refractivity contribution in [1.29, 1.82) is 5.26 Å². The zero-order valence-corrected chi connectivity index (χ0v) is 9.42. The van der Waals surface area contributed by atoms with Gasteiger partial charge in [-0.1, -0.05) is 0 Å². The largest absolute Gasteiger partial charge is 0.398 e. The van der Waals surface area contributed by atoms with E-state index in [0.29, 0.717) is 5.56 Å². The molecule has 3 nitrogen and oxygen atoms in total. The van der Waals surface area contributed by atoms with Crippen LogP contribution in [0.5, 0.6) is 0 Å². The Hall–Kier alpha value is -1.99. The summed E-state index contributed by atoms with van der Waals surface area (Å²) in [6.07, 6.45) is 0. The molecule has 0 aliphatic heterocycles. The molecule has 1 aromatic heterocycles. The number of nitrogens with zero attached hydrogens (tertiary/aromatic N) is 1. The fourth-order valence-electron chi connectivity index (χ4n) is 1.34. The molecule has 0 aliphatic carbocycles. The Bertz CT molecular complexity index is 508. The van der Waals surface area contributed by atoms with Gasteiger partial charge in [0.25, 0.3) is 0 Å². The van der Waals surface area contributed by atoms with E-state index in [2.05, 4.69) is 11.4 Å². The predicted octanol–water partition coefficient (Wildman–Crippen LogP) is 2.81. The molecule has 4 heteroatoms. The monoisotopic (exact) mass is 229 g/mol. The van der Waals surface area contributed by atoms with Crippen LogP contribution < -0.4 is 11.1 Å². The molecule has 0 fully saturated rings. The van der Waals surface area contributed by atoms with Gasteiger partial charge in [-0.25, -0.2) is 0 Å². The van der Waals surface area contributed by atoms with E-state index in [9.17, 15) is 0 Å². The van der Waals surface area contributed by atoms with Gasteiger partial charge in [-0.2, -0.15) is 5.26 Å². The van der Waals surface area contributed by atoms with Gasteiger partial charge >= 0.3 is 0 Å². The molecular formula is C12H11N3S. The fraction of sp³-hybridized carbons (Fsp3) is 0.0833. The minimum absolute atomic E-state index is 0.668. The third-order valence-corrected chi connectivity index (χ3v) is 3.18. The van der Waals surface area contributed by atoms with Crippen LogP contribution in [-0.4, -0.2) is 0 Å². The highest BCUT2D eigenvalue weighted by molar-refractivity contribution is 7.10. The molecule has 80 valence electrons. The van der Waals surface area contributed by atoms with Crippen molar-refractivity contribution in [2.24, 2.45) is 0 Å². The van der Waals surface area contributed by atoms with E-state index in [4.69, 9.17) is 11.0 Å². The van der Waals surface area contributed by atoms with Crippen LogP contribution >= 0.6 is 11.3 Å². The first-order chi connectivity index (χ1) is 7.79. The number of nitrogens with two attached hydrogens (primary N) is 1. The molecule has 2 aromatic rings. The summed E-state index contributed by atoms with van der Waals surface area (Å²) >= 11 is 1.64. The van der Waals surface area contributed by atoms with Crippen molar-refractivity contribution in [3.63, 3.8) is 0 Å². The van der Waals surface area contributed by atoms with Gasteiger partial charge in [0.05, 0.1) is 18.2 Å². The molecule has 1 aromatic carbocycles. The maximum Gasteiger partial charge on any atom is 0.0991 e. The van der Waals surface area contributed by atoms with Gasteiger partial charge in [0.2, 0.25) is 0 Å². The van der Waals surface area contributed by atoms with Gasteiger partial charge in [0, 0.05) is 16.3 Å². The van der Waals surface area contributed by atoms with Crippen molar-refractivity contribution < 1.29 is 0 Å². The van der Waals surface area contributed by atoms with Crippen LogP contribution in [0.4, 0.5) is 11.4 Å². The number of nitrogen functional groups attached to an aromatic ring is 1. The molecule has 3 N–H and O–H groups in total. The SMILES string of the molecule is N#Cc1ccc(NCc2sccc2N)cc1. The van der Waals surface area contributed by atoms with Gasteiger partial charge in [-0.05, 0) is 35.7 Å². The summed E-state index contributed by atoms with van der Waals surface area (Å²) in [6, 6.07) is 11.4. The summed E-state index contributed by atoms with van der Waals surface area (Å²) in [4.78, 5) is 1.13. The molecule has 0 unspecified atom stereocenters. The lowest BCUT2D eigenvalue weighted by atomic mass is 10.2. The molecule has 16 heavy (non-hydrogen) atoms. The van der Waals surface area contributed by atoms with Crippen molar-refractivity contribution in [3.8, 4) is 6.07 Å². The first kappa shape index (κ1) is 10.5. The van der Waals surface area contributed by atoms with Crippen molar-refractivity contribution in [3.05, 3.63) is 46.2 Å². The van der Waals surface area contributed by atoms with Gasteiger partial charge in [-0.15, -0.1) is 11.3 Å². The Morgan fingerprint density at radius 2 is 2.00 bits per heavy atom. The molecule has 0 spiro atoms. The second kappa shape index (κ2) is 4.69. The quantitative estimate of drug-likeness (QED) is 0.850. The Labute approximate surface area is 98.1 Å². The van der Waals surface area contributed by atoms with Crippen LogP contribution in [-0.2, 0) is 6.54 Å². The van der Waals surface area contributed by atoms with E-state index in [0.717, 1.165) is 22.8 Å². The molecule has 2 rings (SSSR count). The lowest BCUT2D eigenvalue weighted by Gasteiger charge is -2.05. The number of thiophene rings is 1.